The first-order valence-corrected chi connectivity index (χ1v) is 6.91. The Morgan fingerprint density at radius 2 is 1.70 bits per heavy atom. The van der Waals surface area contributed by atoms with Gasteiger partial charge in [-0.2, -0.15) is 0 Å². The Labute approximate surface area is 117 Å². The highest BCUT2D eigenvalue weighted by molar-refractivity contribution is 5.83. The first-order valence-electron chi connectivity index (χ1n) is 6.91. The number of carboxylic acid groups (broad SMARTS) is 1. The van der Waals surface area contributed by atoms with E-state index in [2.05, 4.69) is 5.32 Å². The number of likely N-dealkylation sites (tertiary alicyclic amines) is 1. The van der Waals surface area contributed by atoms with Crippen molar-refractivity contribution in [1.29, 1.82) is 0 Å². The van der Waals surface area contributed by atoms with E-state index in [0.29, 0.717) is 25.9 Å². The maximum atomic E-state index is 12.0. The number of nitrogens with zero attached hydrogens (tertiary/aromatic N) is 1. The molecule has 2 rings (SSSR count). The first-order chi connectivity index (χ1) is 9.47. The fourth-order valence-electron chi connectivity index (χ4n) is 2.64. The molecule has 2 fully saturated rings. The molecule has 2 atom stereocenters. The lowest BCUT2D eigenvalue weighted by molar-refractivity contribution is -0.152. The van der Waals surface area contributed by atoms with Crippen LogP contribution in [0.2, 0.25) is 0 Å². The minimum atomic E-state index is -1.02. The van der Waals surface area contributed by atoms with Crippen LogP contribution in [0, 0.1) is 0 Å². The molecular formula is C13H20N2O5. The number of aliphatic carboxylic acids is 1. The van der Waals surface area contributed by atoms with Crippen molar-refractivity contribution < 1.29 is 24.2 Å². The van der Waals surface area contributed by atoms with Crippen molar-refractivity contribution in [3.8, 4) is 0 Å². The van der Waals surface area contributed by atoms with Crippen LogP contribution >= 0.6 is 0 Å². The highest BCUT2D eigenvalue weighted by atomic mass is 16.5. The summed E-state index contributed by atoms with van der Waals surface area (Å²) in [5.41, 5.74) is 0. The van der Waals surface area contributed by atoms with Crippen LogP contribution in [0.15, 0.2) is 0 Å². The molecule has 0 aromatic heterocycles. The van der Waals surface area contributed by atoms with Gasteiger partial charge in [-0.15, -0.1) is 0 Å². The smallest absolute Gasteiger partial charge is 0.332 e. The molecule has 0 aliphatic carbocycles. The van der Waals surface area contributed by atoms with Gasteiger partial charge < -0.3 is 20.1 Å². The Morgan fingerprint density at radius 1 is 1.10 bits per heavy atom. The van der Waals surface area contributed by atoms with Gasteiger partial charge >= 0.3 is 5.97 Å². The number of carbonyl (C=O) groups is 3. The molecule has 2 N–H and O–H groups in total. The summed E-state index contributed by atoms with van der Waals surface area (Å²) in [6.07, 6.45) is 0.721. The van der Waals surface area contributed by atoms with E-state index in [-0.39, 0.29) is 17.9 Å². The second-order valence-corrected chi connectivity index (χ2v) is 5.32. The standard InChI is InChI=1S/C13H20N2O5/c1-8(16)15-6-4-9(5-7-15)14-12(17)10-2-3-11(20-10)13(18)19/h9-11H,2-7H2,1H3,(H,14,17)(H,18,19)/t10-,11+/m0/s1. The summed E-state index contributed by atoms with van der Waals surface area (Å²) in [5.74, 6) is -1.21. The fourth-order valence-corrected chi connectivity index (χ4v) is 2.64. The van der Waals surface area contributed by atoms with Crippen LogP contribution in [0.5, 0.6) is 0 Å². The monoisotopic (exact) mass is 284 g/mol. The third-order valence-corrected chi connectivity index (χ3v) is 3.87. The summed E-state index contributed by atoms with van der Waals surface area (Å²) in [6, 6.07) is 0.0329. The van der Waals surface area contributed by atoms with Gasteiger partial charge in [-0.25, -0.2) is 4.79 Å². The molecule has 0 saturated carbocycles. The molecular weight excluding hydrogens is 264 g/mol. The van der Waals surface area contributed by atoms with Gasteiger partial charge in [-0.3, -0.25) is 9.59 Å². The van der Waals surface area contributed by atoms with E-state index in [1.165, 1.54) is 6.92 Å². The molecule has 20 heavy (non-hydrogen) atoms. The predicted molar refractivity (Wildman–Crippen MR) is 68.9 cm³/mol. The minimum Gasteiger partial charge on any atom is -0.479 e. The van der Waals surface area contributed by atoms with E-state index in [1.807, 2.05) is 0 Å². The van der Waals surface area contributed by atoms with Crippen LogP contribution in [0.25, 0.3) is 0 Å². The van der Waals surface area contributed by atoms with Gasteiger partial charge in [0.1, 0.15) is 6.10 Å². The third kappa shape index (κ3) is 3.47. The summed E-state index contributed by atoms with van der Waals surface area (Å²) in [5, 5.41) is 11.7. The maximum absolute atomic E-state index is 12.0. The predicted octanol–water partition coefficient (Wildman–Crippen LogP) is -0.254. The number of nitrogens with one attached hydrogen (secondary N) is 1. The molecule has 2 amide bonds. The number of carbonyl (C=O) groups excluding carboxylic acids is 2. The average Bonchev–Trinajstić information content (AvgIpc) is 2.89. The van der Waals surface area contributed by atoms with Crippen LogP contribution < -0.4 is 5.32 Å². The van der Waals surface area contributed by atoms with Crippen LogP contribution in [-0.4, -0.2) is 59.1 Å². The quantitative estimate of drug-likeness (QED) is 0.745. The summed E-state index contributed by atoms with van der Waals surface area (Å²) >= 11 is 0. The van der Waals surface area contributed by atoms with Crippen molar-refractivity contribution in [2.24, 2.45) is 0 Å². The highest BCUT2D eigenvalue weighted by Gasteiger charge is 2.35. The topological polar surface area (TPSA) is 95.9 Å². The van der Waals surface area contributed by atoms with Gasteiger partial charge in [0, 0.05) is 26.1 Å². The van der Waals surface area contributed by atoms with Gasteiger partial charge in [-0.1, -0.05) is 0 Å². The van der Waals surface area contributed by atoms with Gasteiger partial charge in [0.2, 0.25) is 11.8 Å². The van der Waals surface area contributed by atoms with E-state index in [0.717, 1.165) is 12.8 Å². The molecule has 0 radical (unpaired) electrons. The molecule has 7 nitrogen and oxygen atoms in total. The molecule has 112 valence electrons. The zero-order valence-electron chi connectivity index (χ0n) is 11.5. The number of hydrogen-bond acceptors (Lipinski definition) is 4. The second kappa shape index (κ2) is 6.21. The molecule has 0 bridgehead atoms. The molecule has 0 aromatic carbocycles. The molecule has 2 aliphatic rings. The molecule has 2 heterocycles. The van der Waals surface area contributed by atoms with Crippen molar-refractivity contribution in [3.05, 3.63) is 0 Å². The van der Waals surface area contributed by atoms with Crippen molar-refractivity contribution in [2.45, 2.75) is 50.9 Å². The zero-order valence-corrected chi connectivity index (χ0v) is 11.5. The lowest BCUT2D eigenvalue weighted by atomic mass is 10.0. The number of carboxylic acids is 1. The number of amides is 2. The Balaban J connectivity index is 1.76. The lowest BCUT2D eigenvalue weighted by Crippen LogP contribution is -2.48. The van der Waals surface area contributed by atoms with Crippen LogP contribution in [0.4, 0.5) is 0 Å². The van der Waals surface area contributed by atoms with Crippen molar-refractivity contribution in [2.75, 3.05) is 13.1 Å². The van der Waals surface area contributed by atoms with Crippen molar-refractivity contribution in [1.82, 2.24) is 10.2 Å². The van der Waals surface area contributed by atoms with Crippen LogP contribution in [0.1, 0.15) is 32.6 Å². The maximum Gasteiger partial charge on any atom is 0.332 e. The Bertz CT molecular complexity index is 404. The summed E-state index contributed by atoms with van der Waals surface area (Å²) < 4.78 is 5.21. The van der Waals surface area contributed by atoms with Gasteiger partial charge in [-0.05, 0) is 25.7 Å². The first kappa shape index (κ1) is 14.8. The van der Waals surface area contributed by atoms with Crippen molar-refractivity contribution in [3.63, 3.8) is 0 Å². The van der Waals surface area contributed by atoms with Crippen LogP contribution in [0.3, 0.4) is 0 Å². The van der Waals surface area contributed by atoms with Gasteiger partial charge in [0.25, 0.3) is 0 Å². The van der Waals surface area contributed by atoms with Crippen LogP contribution in [-0.2, 0) is 19.1 Å². The molecule has 7 heteroatoms. The summed E-state index contributed by atoms with van der Waals surface area (Å²) in [7, 11) is 0. The Kier molecular flexibility index (Phi) is 4.59. The third-order valence-electron chi connectivity index (χ3n) is 3.87. The van der Waals surface area contributed by atoms with E-state index in [4.69, 9.17) is 9.84 Å². The Hall–Kier alpha value is -1.63. The summed E-state index contributed by atoms with van der Waals surface area (Å²) in [4.78, 5) is 35.7. The SMILES string of the molecule is CC(=O)N1CCC(NC(=O)[C@@H]2CC[C@H](C(=O)O)O2)CC1. The molecule has 0 unspecified atom stereocenters. The number of ether oxygens (including phenoxy) is 1. The highest BCUT2D eigenvalue weighted by Crippen LogP contribution is 2.20. The Morgan fingerprint density at radius 3 is 2.20 bits per heavy atom. The number of piperidine rings is 1. The van der Waals surface area contributed by atoms with E-state index >= 15 is 0 Å². The fraction of sp³-hybridized carbons (Fsp3) is 0.769. The molecule has 2 saturated heterocycles. The number of rotatable bonds is 3. The minimum absolute atomic E-state index is 0.0329. The van der Waals surface area contributed by atoms with Gasteiger partial charge in [0.05, 0.1) is 0 Å². The zero-order chi connectivity index (χ0) is 14.7. The molecule has 0 spiro atoms. The average molecular weight is 284 g/mol. The normalized spacial score (nSPS) is 27.4. The van der Waals surface area contributed by atoms with Gasteiger partial charge in [0.15, 0.2) is 6.10 Å². The number of hydrogen-bond donors (Lipinski definition) is 2. The molecule has 2 aliphatic heterocycles. The lowest BCUT2D eigenvalue weighted by Gasteiger charge is -2.32. The van der Waals surface area contributed by atoms with Crippen molar-refractivity contribution >= 4 is 17.8 Å². The summed E-state index contributed by atoms with van der Waals surface area (Å²) in [6.45, 7) is 2.82. The van der Waals surface area contributed by atoms with E-state index in [9.17, 15) is 14.4 Å². The second-order valence-electron chi connectivity index (χ2n) is 5.32. The largest absolute Gasteiger partial charge is 0.479 e. The van der Waals surface area contributed by atoms with E-state index in [1.54, 1.807) is 4.90 Å². The molecule has 0 aromatic rings. The van der Waals surface area contributed by atoms with E-state index < -0.39 is 18.2 Å².